The molecule has 0 radical (unpaired) electrons. The Morgan fingerprint density at radius 3 is 2.53 bits per heavy atom. The summed E-state index contributed by atoms with van der Waals surface area (Å²) in [5.74, 6) is 1.56. The first-order chi connectivity index (χ1) is 18.6. The lowest BCUT2D eigenvalue weighted by atomic mass is 10.1. The molecule has 4 rings (SSSR count). The van der Waals surface area contributed by atoms with Gasteiger partial charge in [-0.1, -0.05) is 12.1 Å². The monoisotopic (exact) mass is 513 g/mol. The van der Waals surface area contributed by atoms with Crippen molar-refractivity contribution in [2.24, 2.45) is 4.99 Å². The fraction of sp³-hybridized carbons (Fsp3) is 0.367. The molecular weight excluding hydrogens is 478 g/mol. The summed E-state index contributed by atoms with van der Waals surface area (Å²) in [5.41, 5.74) is 2.17. The minimum absolute atomic E-state index is 0.0873. The van der Waals surface area contributed by atoms with Gasteiger partial charge in [0.15, 0.2) is 11.5 Å². The van der Waals surface area contributed by atoms with Crippen molar-refractivity contribution in [1.29, 1.82) is 5.26 Å². The lowest BCUT2D eigenvalue weighted by Gasteiger charge is -2.41. The number of amides is 1. The molecule has 0 aliphatic carbocycles. The third kappa shape index (κ3) is 7.15. The quantitative estimate of drug-likeness (QED) is 0.394. The number of hydrogen-bond donors (Lipinski definition) is 0. The van der Waals surface area contributed by atoms with Crippen LogP contribution in [0.2, 0.25) is 0 Å². The first-order valence-electron chi connectivity index (χ1n) is 12.7. The number of allylic oxidation sites excluding steroid dienone is 2. The number of piperazine rings is 1. The van der Waals surface area contributed by atoms with Crippen LogP contribution in [0.4, 0.5) is 5.69 Å². The first-order valence-corrected chi connectivity index (χ1v) is 12.7. The van der Waals surface area contributed by atoms with Crippen LogP contribution in [0.25, 0.3) is 0 Å². The van der Waals surface area contributed by atoms with E-state index in [-0.39, 0.29) is 18.6 Å². The van der Waals surface area contributed by atoms with Gasteiger partial charge in [-0.05, 0) is 56.3 Å². The largest absolute Gasteiger partial charge is 0.486 e. The molecule has 1 amide bonds. The molecule has 2 aromatic rings. The average Bonchev–Trinajstić information content (AvgIpc) is 2.99. The number of fused-ring (bicyclic) bond motifs is 1. The highest BCUT2D eigenvalue weighted by Gasteiger charge is 2.27. The van der Waals surface area contributed by atoms with Crippen molar-refractivity contribution in [1.82, 2.24) is 9.80 Å². The number of terminal acetylenes is 1. The summed E-state index contributed by atoms with van der Waals surface area (Å²) in [6, 6.07) is 15.1. The molecule has 0 bridgehead atoms. The third-order valence-electron chi connectivity index (χ3n) is 6.49. The Morgan fingerprint density at radius 1 is 1.13 bits per heavy atom. The van der Waals surface area contributed by atoms with Gasteiger partial charge in [0.05, 0.1) is 17.3 Å². The van der Waals surface area contributed by atoms with Crippen LogP contribution in [0.3, 0.4) is 0 Å². The van der Waals surface area contributed by atoms with E-state index in [1.165, 1.54) is 0 Å². The van der Waals surface area contributed by atoms with E-state index in [1.54, 1.807) is 35.4 Å². The van der Waals surface area contributed by atoms with Gasteiger partial charge in [-0.25, -0.2) is 0 Å². The lowest BCUT2D eigenvalue weighted by molar-refractivity contribution is 0.0691. The Kier molecular flexibility index (Phi) is 10.8. The molecule has 8 nitrogen and oxygen atoms in total. The molecule has 0 aromatic heterocycles. The summed E-state index contributed by atoms with van der Waals surface area (Å²) in [6.07, 6.45) is 13.5. The highest BCUT2D eigenvalue weighted by atomic mass is 16.6. The number of nitrogens with zero attached hydrogens (tertiary/aromatic N) is 5. The molecule has 1 saturated heterocycles. The number of hydrogen-bond acceptors (Lipinski definition) is 7. The van der Waals surface area contributed by atoms with E-state index in [0.717, 1.165) is 43.4 Å². The number of ether oxygens (including phenoxy) is 2. The smallest absolute Gasteiger partial charge is 0.255 e. The number of aliphatic imine (C=N–C) groups is 1. The maximum Gasteiger partial charge on any atom is 0.255 e. The van der Waals surface area contributed by atoms with Crippen LogP contribution in [-0.2, 0) is 0 Å². The molecule has 38 heavy (non-hydrogen) atoms. The minimum atomic E-state index is -0.0873. The Bertz CT molecular complexity index is 1170. The summed E-state index contributed by atoms with van der Waals surface area (Å²) in [4.78, 5) is 24.3. The van der Waals surface area contributed by atoms with Gasteiger partial charge in [0.1, 0.15) is 19.9 Å². The van der Waals surface area contributed by atoms with Crippen molar-refractivity contribution >= 4 is 17.8 Å². The van der Waals surface area contributed by atoms with E-state index in [9.17, 15) is 4.79 Å². The Morgan fingerprint density at radius 2 is 1.84 bits per heavy atom. The fourth-order valence-electron chi connectivity index (χ4n) is 4.51. The highest BCUT2D eigenvalue weighted by Crippen LogP contribution is 2.39. The van der Waals surface area contributed by atoms with E-state index >= 15 is 0 Å². The van der Waals surface area contributed by atoms with Crippen LogP contribution < -0.4 is 14.4 Å². The topological polar surface area (TPSA) is 81.4 Å². The Balaban J connectivity index is 0.00000195. The van der Waals surface area contributed by atoms with E-state index in [4.69, 9.17) is 14.7 Å². The molecule has 0 spiro atoms. The molecule has 0 N–H and O–H groups in total. The number of anilines is 1. The second kappa shape index (κ2) is 14.5. The van der Waals surface area contributed by atoms with Gasteiger partial charge in [0.2, 0.25) is 0 Å². The zero-order valence-electron chi connectivity index (χ0n) is 22.1. The summed E-state index contributed by atoms with van der Waals surface area (Å²) in [6.45, 7) is 9.58. The standard InChI is InChI=1S/C28H33N5O3.C2H2/c1-3-4-12-30-21-33(28(34)24-10-8-23(19-29)9-11-24)20-22(2)31-13-15-32(16-14-31)25-6-5-7-26-27(25)36-18-17-35-26;1-2/h3-12,22H,13-18,20-21H2,1-2H3;1-2H/b4-3-,30-12-;/t22-;/m1./s1. The molecule has 198 valence electrons. The van der Waals surface area contributed by atoms with Crippen LogP contribution in [0.1, 0.15) is 29.8 Å². The molecule has 0 unspecified atom stereocenters. The summed E-state index contributed by atoms with van der Waals surface area (Å²) in [7, 11) is 0. The summed E-state index contributed by atoms with van der Waals surface area (Å²) in [5, 5.41) is 9.06. The molecule has 1 atom stereocenters. The number of nitriles is 1. The van der Waals surface area contributed by atoms with Crippen LogP contribution in [-0.4, -0.2) is 80.6 Å². The van der Waals surface area contributed by atoms with Crippen LogP contribution >= 0.6 is 0 Å². The Hall–Kier alpha value is -4.27. The van der Waals surface area contributed by atoms with Gasteiger partial charge in [-0.2, -0.15) is 5.26 Å². The van der Waals surface area contributed by atoms with Gasteiger partial charge in [0.25, 0.3) is 5.91 Å². The van der Waals surface area contributed by atoms with E-state index < -0.39 is 0 Å². The fourth-order valence-corrected chi connectivity index (χ4v) is 4.51. The predicted octanol–water partition coefficient (Wildman–Crippen LogP) is 3.84. The average molecular weight is 514 g/mol. The van der Waals surface area contributed by atoms with Crippen LogP contribution in [0, 0.1) is 24.2 Å². The minimum Gasteiger partial charge on any atom is -0.486 e. The van der Waals surface area contributed by atoms with Gasteiger partial charge in [0, 0.05) is 50.5 Å². The zero-order chi connectivity index (χ0) is 27.3. The van der Waals surface area contributed by atoms with E-state index in [0.29, 0.717) is 30.9 Å². The second-order valence-corrected chi connectivity index (χ2v) is 8.89. The molecule has 2 heterocycles. The number of benzene rings is 2. The number of carbonyl (C=O) groups excluding carboxylic acids is 1. The predicted molar refractivity (Wildman–Crippen MR) is 151 cm³/mol. The lowest BCUT2D eigenvalue weighted by Crippen LogP contribution is -2.53. The SMILES string of the molecule is C#C.C/C=C\C=N/CN(C[C@@H](C)N1CCN(c2cccc3c2OCCO3)CC1)C(=O)c1ccc(C#N)cc1. The summed E-state index contributed by atoms with van der Waals surface area (Å²) >= 11 is 0. The van der Waals surface area contributed by atoms with Gasteiger partial charge in [-0.15, -0.1) is 12.8 Å². The van der Waals surface area contributed by atoms with Crippen molar-refractivity contribution in [2.75, 3.05) is 57.5 Å². The number of rotatable bonds is 8. The van der Waals surface area contributed by atoms with Crippen LogP contribution in [0.15, 0.2) is 59.6 Å². The molecular formula is C30H35N5O3. The zero-order valence-corrected chi connectivity index (χ0v) is 22.1. The van der Waals surface area contributed by atoms with Crippen molar-refractivity contribution in [2.45, 2.75) is 19.9 Å². The Labute approximate surface area is 225 Å². The van der Waals surface area contributed by atoms with E-state index in [1.807, 2.05) is 31.2 Å². The van der Waals surface area contributed by atoms with Crippen molar-refractivity contribution < 1.29 is 14.3 Å². The molecule has 1 fully saturated rings. The van der Waals surface area contributed by atoms with Gasteiger partial charge < -0.3 is 19.3 Å². The van der Waals surface area contributed by atoms with Crippen molar-refractivity contribution in [3.05, 3.63) is 65.7 Å². The molecule has 8 heteroatoms. The van der Waals surface area contributed by atoms with Crippen molar-refractivity contribution in [3.63, 3.8) is 0 Å². The number of para-hydroxylation sites is 1. The maximum absolute atomic E-state index is 13.3. The van der Waals surface area contributed by atoms with E-state index in [2.05, 4.69) is 46.7 Å². The third-order valence-corrected chi connectivity index (χ3v) is 6.49. The first kappa shape index (κ1) is 28.3. The maximum atomic E-state index is 13.3. The summed E-state index contributed by atoms with van der Waals surface area (Å²) < 4.78 is 11.7. The molecule has 2 aliphatic rings. The normalized spacial score (nSPS) is 15.9. The van der Waals surface area contributed by atoms with Gasteiger partial charge >= 0.3 is 0 Å². The molecule has 2 aliphatic heterocycles. The van der Waals surface area contributed by atoms with Gasteiger partial charge in [-0.3, -0.25) is 14.7 Å². The highest BCUT2D eigenvalue weighted by molar-refractivity contribution is 5.94. The van der Waals surface area contributed by atoms with Crippen molar-refractivity contribution in [3.8, 4) is 30.4 Å². The van der Waals surface area contributed by atoms with Crippen LogP contribution in [0.5, 0.6) is 11.5 Å². The molecule has 0 saturated carbocycles. The molecule has 2 aromatic carbocycles. The second-order valence-electron chi connectivity index (χ2n) is 8.89. The number of carbonyl (C=O) groups is 1.